The van der Waals surface area contributed by atoms with E-state index in [0.717, 1.165) is 50.9 Å². The van der Waals surface area contributed by atoms with Crippen LogP contribution in [0.3, 0.4) is 0 Å². The number of benzene rings is 1. The molecule has 4 nitrogen and oxygen atoms in total. The van der Waals surface area contributed by atoms with E-state index < -0.39 is 0 Å². The maximum Gasteiger partial charge on any atom is 0.118 e. The third-order valence-corrected chi connectivity index (χ3v) is 6.75. The molecule has 26 heavy (non-hydrogen) atoms. The highest BCUT2D eigenvalue weighted by Gasteiger charge is 2.37. The minimum Gasteiger partial charge on any atom is -0.508 e. The van der Waals surface area contributed by atoms with Crippen LogP contribution in [0.1, 0.15) is 50.2 Å². The van der Waals surface area contributed by atoms with Gasteiger partial charge in [0.1, 0.15) is 5.75 Å². The monoisotopic (exact) mass is 358 g/mol. The fourth-order valence-electron chi connectivity index (χ4n) is 5.19. The van der Waals surface area contributed by atoms with E-state index in [1.54, 1.807) is 0 Å². The summed E-state index contributed by atoms with van der Waals surface area (Å²) in [4.78, 5) is 5.15. The van der Waals surface area contributed by atoms with Crippen LogP contribution in [0.2, 0.25) is 0 Å². The summed E-state index contributed by atoms with van der Waals surface area (Å²) in [6.45, 7) is 9.60. The molecule has 3 saturated heterocycles. The average molecular weight is 359 g/mol. The zero-order valence-electron chi connectivity index (χ0n) is 16.3. The van der Waals surface area contributed by atoms with Crippen molar-refractivity contribution in [2.45, 2.75) is 58.0 Å². The number of hydrogen-bond acceptors (Lipinski definition) is 4. The van der Waals surface area contributed by atoms with Gasteiger partial charge in [-0.3, -0.25) is 4.90 Å². The van der Waals surface area contributed by atoms with E-state index in [0.29, 0.717) is 11.2 Å². The third-order valence-electron chi connectivity index (χ3n) is 6.75. The van der Waals surface area contributed by atoms with Crippen LogP contribution >= 0.6 is 0 Å². The van der Waals surface area contributed by atoms with Crippen molar-refractivity contribution in [3.8, 4) is 5.75 Å². The first-order valence-electron chi connectivity index (χ1n) is 10.5. The molecule has 3 aliphatic heterocycles. The van der Waals surface area contributed by atoms with Crippen molar-refractivity contribution < 1.29 is 9.84 Å². The summed E-state index contributed by atoms with van der Waals surface area (Å²) in [6.07, 6.45) is 7.64. The minimum atomic E-state index is 0.313. The van der Waals surface area contributed by atoms with Gasteiger partial charge >= 0.3 is 0 Å². The van der Waals surface area contributed by atoms with Crippen LogP contribution in [0, 0.1) is 5.41 Å². The van der Waals surface area contributed by atoms with Crippen molar-refractivity contribution in [3.63, 3.8) is 0 Å². The molecule has 144 valence electrons. The molecule has 0 spiro atoms. The van der Waals surface area contributed by atoms with Gasteiger partial charge in [-0.1, -0.05) is 25.5 Å². The molecule has 0 amide bonds. The van der Waals surface area contributed by atoms with Crippen LogP contribution in [0.4, 0.5) is 0 Å². The lowest BCUT2D eigenvalue weighted by atomic mass is 9.71. The van der Waals surface area contributed by atoms with Crippen LogP contribution in [-0.2, 0) is 17.7 Å². The van der Waals surface area contributed by atoms with Gasteiger partial charge in [-0.2, -0.15) is 0 Å². The Labute approximate surface area is 158 Å². The number of aromatic hydroxyl groups is 1. The number of piperidine rings is 2. The van der Waals surface area contributed by atoms with Crippen molar-refractivity contribution in [1.29, 1.82) is 0 Å². The lowest BCUT2D eigenvalue weighted by Gasteiger charge is -2.47. The van der Waals surface area contributed by atoms with Crippen molar-refractivity contribution >= 4 is 0 Å². The lowest BCUT2D eigenvalue weighted by molar-refractivity contribution is 0.0338. The highest BCUT2D eigenvalue weighted by atomic mass is 16.5. The second kappa shape index (κ2) is 7.87. The molecular formula is C22H34N2O2. The first kappa shape index (κ1) is 18.3. The molecular weight excluding hydrogens is 324 g/mol. The van der Waals surface area contributed by atoms with Gasteiger partial charge in [0.15, 0.2) is 0 Å². The van der Waals surface area contributed by atoms with Gasteiger partial charge in [-0.05, 0) is 67.8 Å². The Morgan fingerprint density at radius 2 is 2.00 bits per heavy atom. The number of morpholine rings is 1. The Morgan fingerprint density at radius 1 is 1.15 bits per heavy atom. The molecule has 3 aliphatic rings. The Morgan fingerprint density at radius 3 is 2.85 bits per heavy atom. The molecule has 1 aromatic carbocycles. The normalized spacial score (nSPS) is 30.9. The maximum absolute atomic E-state index is 10.5. The summed E-state index contributed by atoms with van der Waals surface area (Å²) in [7, 11) is 0. The summed E-state index contributed by atoms with van der Waals surface area (Å²) in [5.41, 5.74) is 2.77. The second-order valence-corrected chi connectivity index (χ2v) is 8.98. The molecule has 0 saturated carbocycles. The van der Waals surface area contributed by atoms with Gasteiger partial charge in [-0.15, -0.1) is 0 Å². The van der Waals surface area contributed by atoms with Crippen molar-refractivity contribution in [1.82, 2.24) is 9.80 Å². The Hall–Kier alpha value is -1.10. The fraction of sp³-hybridized carbons (Fsp3) is 0.727. The van der Waals surface area contributed by atoms with Gasteiger partial charge in [0.2, 0.25) is 0 Å². The lowest BCUT2D eigenvalue weighted by Crippen LogP contribution is -2.49. The summed E-state index contributed by atoms with van der Waals surface area (Å²) in [5.74, 6) is 0.475. The molecule has 0 aromatic heterocycles. The number of fused-ring (bicyclic) bond motifs is 1. The quantitative estimate of drug-likeness (QED) is 0.895. The largest absolute Gasteiger partial charge is 0.508 e. The van der Waals surface area contributed by atoms with Crippen LogP contribution in [-0.4, -0.2) is 60.3 Å². The Kier molecular flexibility index (Phi) is 5.53. The second-order valence-electron chi connectivity index (χ2n) is 8.98. The standard InChI is InChI=1S/C22H34N2O2/c1-22(7-9-24-8-3-2-4-20(24)16-22)15-19-14-18(5-6-21(19)25)17-23-10-12-26-13-11-23/h5-6,14,20,25H,2-4,7-13,15-17H2,1H3/t20-,22+/m1/s1. The fourth-order valence-corrected chi connectivity index (χ4v) is 5.19. The van der Waals surface area contributed by atoms with Crippen LogP contribution in [0.25, 0.3) is 0 Å². The number of ether oxygens (including phenoxy) is 1. The van der Waals surface area contributed by atoms with Gasteiger partial charge in [0.05, 0.1) is 13.2 Å². The average Bonchev–Trinajstić information content (AvgIpc) is 2.65. The maximum atomic E-state index is 10.5. The molecule has 0 radical (unpaired) electrons. The topological polar surface area (TPSA) is 35.9 Å². The summed E-state index contributed by atoms with van der Waals surface area (Å²) < 4.78 is 5.45. The van der Waals surface area contributed by atoms with Crippen molar-refractivity contribution in [3.05, 3.63) is 29.3 Å². The van der Waals surface area contributed by atoms with Crippen LogP contribution in [0.5, 0.6) is 5.75 Å². The van der Waals surface area contributed by atoms with E-state index in [2.05, 4.69) is 28.9 Å². The summed E-state index contributed by atoms with van der Waals surface area (Å²) in [6, 6.07) is 7.01. The van der Waals surface area contributed by atoms with Gasteiger partial charge in [0.25, 0.3) is 0 Å². The highest BCUT2D eigenvalue weighted by molar-refractivity contribution is 5.37. The van der Waals surface area contributed by atoms with E-state index in [9.17, 15) is 5.11 Å². The summed E-state index contributed by atoms with van der Waals surface area (Å²) in [5, 5.41) is 10.5. The predicted molar refractivity (Wildman–Crippen MR) is 104 cm³/mol. The highest BCUT2D eigenvalue weighted by Crippen LogP contribution is 2.41. The number of rotatable bonds is 4. The van der Waals surface area contributed by atoms with E-state index in [4.69, 9.17) is 4.74 Å². The van der Waals surface area contributed by atoms with Gasteiger partial charge < -0.3 is 14.7 Å². The molecule has 4 rings (SSSR count). The Bertz CT molecular complexity index is 614. The SMILES string of the molecule is C[C@@]1(Cc2cc(CN3CCOCC3)ccc2O)CCN2CCCC[C@@H]2C1. The zero-order valence-corrected chi connectivity index (χ0v) is 16.3. The predicted octanol–water partition coefficient (Wildman–Crippen LogP) is 3.42. The number of phenols is 1. The molecule has 3 heterocycles. The molecule has 3 fully saturated rings. The van der Waals surface area contributed by atoms with Crippen molar-refractivity contribution in [2.24, 2.45) is 5.41 Å². The van der Waals surface area contributed by atoms with E-state index in [1.807, 2.05) is 6.07 Å². The molecule has 0 bridgehead atoms. The summed E-state index contributed by atoms with van der Waals surface area (Å²) >= 11 is 0. The van der Waals surface area contributed by atoms with Crippen LogP contribution in [0.15, 0.2) is 18.2 Å². The number of hydrogen-bond donors (Lipinski definition) is 1. The van der Waals surface area contributed by atoms with E-state index in [-0.39, 0.29) is 0 Å². The molecule has 1 N–H and O–H groups in total. The zero-order chi connectivity index (χ0) is 18.0. The third kappa shape index (κ3) is 4.24. The molecule has 4 heteroatoms. The number of phenolic OH excluding ortho intramolecular Hbond substituents is 1. The first-order valence-corrected chi connectivity index (χ1v) is 10.5. The molecule has 0 aliphatic carbocycles. The number of nitrogens with zero attached hydrogens (tertiary/aromatic N) is 2. The smallest absolute Gasteiger partial charge is 0.118 e. The van der Waals surface area contributed by atoms with Gasteiger partial charge in [0, 0.05) is 25.7 Å². The van der Waals surface area contributed by atoms with Gasteiger partial charge in [-0.25, -0.2) is 0 Å². The van der Waals surface area contributed by atoms with Crippen LogP contribution < -0.4 is 0 Å². The Balaban J connectivity index is 1.44. The first-order chi connectivity index (χ1) is 12.6. The minimum absolute atomic E-state index is 0.313. The van der Waals surface area contributed by atoms with E-state index >= 15 is 0 Å². The molecule has 1 aromatic rings. The molecule has 0 unspecified atom stereocenters. The van der Waals surface area contributed by atoms with E-state index in [1.165, 1.54) is 50.8 Å². The van der Waals surface area contributed by atoms with Crippen molar-refractivity contribution in [2.75, 3.05) is 39.4 Å². The molecule has 2 atom stereocenters.